The Bertz CT molecular complexity index is 958. The maximum Gasteiger partial charge on any atom is 0.419 e. The Labute approximate surface area is 159 Å². The first-order valence-corrected chi connectivity index (χ1v) is 9.64. The molecule has 0 aliphatic heterocycles. The Balaban J connectivity index is 1.32. The molecule has 2 aromatic heterocycles. The minimum atomic E-state index is -0.413. The number of thiophene rings is 1. The van der Waals surface area contributed by atoms with Gasteiger partial charge in [0.15, 0.2) is 5.58 Å². The molecule has 0 atom stereocenters. The van der Waals surface area contributed by atoms with Gasteiger partial charge in [-0.3, -0.25) is 14.2 Å². The van der Waals surface area contributed by atoms with Crippen LogP contribution >= 0.6 is 11.3 Å². The number of nitrogens with one attached hydrogen (secondary N) is 1. The molecule has 27 heavy (non-hydrogen) atoms. The number of amides is 1. The van der Waals surface area contributed by atoms with E-state index in [2.05, 4.69) is 5.32 Å². The summed E-state index contributed by atoms with van der Waals surface area (Å²) in [5, 5.41) is 6.38. The zero-order chi connectivity index (χ0) is 19.1. The number of aryl methyl sites for hydroxylation is 1. The number of fused-ring (bicyclic) bond motifs is 1. The number of aromatic nitrogens is 1. The van der Waals surface area contributed by atoms with Crippen LogP contribution in [0.25, 0.3) is 11.1 Å². The topological polar surface area (TPSA) is 90.5 Å². The summed E-state index contributed by atoms with van der Waals surface area (Å²) in [7, 11) is 0. The first kappa shape index (κ1) is 18.9. The van der Waals surface area contributed by atoms with Crippen molar-refractivity contribution in [2.24, 2.45) is 0 Å². The number of hydrogen-bond acceptors (Lipinski definition) is 6. The molecule has 3 aromatic rings. The molecule has 0 saturated heterocycles. The summed E-state index contributed by atoms with van der Waals surface area (Å²) in [6, 6.07) is 8.95. The van der Waals surface area contributed by atoms with Crippen molar-refractivity contribution < 1.29 is 18.7 Å². The van der Waals surface area contributed by atoms with Crippen LogP contribution < -0.4 is 11.1 Å². The summed E-state index contributed by atoms with van der Waals surface area (Å²) >= 11 is 1.46. The lowest BCUT2D eigenvalue weighted by atomic mass is 10.3. The monoisotopic (exact) mass is 388 g/mol. The average molecular weight is 388 g/mol. The van der Waals surface area contributed by atoms with Gasteiger partial charge in [0.2, 0.25) is 0 Å². The van der Waals surface area contributed by atoms with Gasteiger partial charge in [0, 0.05) is 30.5 Å². The van der Waals surface area contributed by atoms with Gasteiger partial charge in [-0.05, 0) is 36.4 Å². The Morgan fingerprint density at radius 3 is 2.85 bits per heavy atom. The van der Waals surface area contributed by atoms with Gasteiger partial charge in [-0.15, -0.1) is 0 Å². The van der Waals surface area contributed by atoms with Crippen molar-refractivity contribution in [2.45, 2.75) is 25.8 Å². The third kappa shape index (κ3) is 5.07. The van der Waals surface area contributed by atoms with Crippen molar-refractivity contribution in [3.8, 4) is 0 Å². The molecule has 0 aliphatic carbocycles. The number of para-hydroxylation sites is 2. The number of carbonyl (C=O) groups excluding carboxylic acids is 2. The Hall–Kier alpha value is -2.87. The number of hydrogen-bond donors (Lipinski definition) is 1. The molecule has 1 amide bonds. The van der Waals surface area contributed by atoms with Gasteiger partial charge in [0.05, 0.1) is 12.1 Å². The standard InChI is InChI=1S/C19H20N2O5S/c22-17(7-3-9-20-18(23)14-8-12-27-13-14)25-11-4-10-21-15-5-1-2-6-16(15)26-19(21)24/h1-2,5-6,8,12-13H,3-4,7,9-11H2,(H,20,23). The maximum atomic E-state index is 11.8. The molecule has 0 unspecified atom stereocenters. The Kier molecular flexibility index (Phi) is 6.43. The molecule has 0 bridgehead atoms. The van der Waals surface area contributed by atoms with Crippen LogP contribution in [0.4, 0.5) is 0 Å². The number of benzene rings is 1. The molecule has 0 radical (unpaired) electrons. The van der Waals surface area contributed by atoms with Gasteiger partial charge in [-0.25, -0.2) is 4.79 Å². The normalized spacial score (nSPS) is 10.8. The average Bonchev–Trinajstić information content (AvgIpc) is 3.30. The predicted octanol–water partition coefficient (Wildman–Crippen LogP) is 2.80. The third-order valence-corrected chi connectivity index (χ3v) is 4.67. The summed E-state index contributed by atoms with van der Waals surface area (Å²) in [6.07, 6.45) is 1.27. The smallest absolute Gasteiger partial charge is 0.419 e. The largest absolute Gasteiger partial charge is 0.466 e. The Morgan fingerprint density at radius 1 is 1.19 bits per heavy atom. The van der Waals surface area contributed by atoms with Crippen LogP contribution in [0.2, 0.25) is 0 Å². The van der Waals surface area contributed by atoms with Crippen LogP contribution in [-0.2, 0) is 16.1 Å². The van der Waals surface area contributed by atoms with E-state index in [1.54, 1.807) is 23.6 Å². The minimum Gasteiger partial charge on any atom is -0.466 e. The van der Waals surface area contributed by atoms with Crippen LogP contribution in [0.1, 0.15) is 29.6 Å². The van der Waals surface area contributed by atoms with Crippen LogP contribution in [0.3, 0.4) is 0 Å². The first-order valence-electron chi connectivity index (χ1n) is 8.69. The number of carbonyl (C=O) groups is 2. The van der Waals surface area contributed by atoms with E-state index in [4.69, 9.17) is 9.15 Å². The SMILES string of the molecule is O=C(CCCNC(=O)c1ccsc1)OCCCn1c(=O)oc2ccccc21. The highest BCUT2D eigenvalue weighted by Gasteiger charge is 2.09. The first-order chi connectivity index (χ1) is 13.1. The molecule has 1 N–H and O–H groups in total. The number of rotatable bonds is 9. The quantitative estimate of drug-likeness (QED) is 0.450. The van der Waals surface area contributed by atoms with Gasteiger partial charge in [0.1, 0.15) is 0 Å². The second kappa shape index (κ2) is 9.18. The van der Waals surface area contributed by atoms with E-state index in [0.717, 1.165) is 5.52 Å². The van der Waals surface area contributed by atoms with E-state index < -0.39 is 5.76 Å². The number of nitrogens with zero attached hydrogens (tertiary/aromatic N) is 1. The molecule has 3 rings (SSSR count). The van der Waals surface area contributed by atoms with Crippen molar-refractivity contribution in [1.29, 1.82) is 0 Å². The van der Waals surface area contributed by atoms with E-state index in [-0.39, 0.29) is 24.9 Å². The highest BCUT2D eigenvalue weighted by Crippen LogP contribution is 2.12. The van der Waals surface area contributed by atoms with Crippen molar-refractivity contribution in [3.05, 3.63) is 57.2 Å². The maximum absolute atomic E-state index is 11.8. The number of esters is 1. The second-order valence-electron chi connectivity index (χ2n) is 5.93. The van der Waals surface area contributed by atoms with Gasteiger partial charge in [-0.1, -0.05) is 12.1 Å². The van der Waals surface area contributed by atoms with Crippen LogP contribution in [0.5, 0.6) is 0 Å². The van der Waals surface area contributed by atoms with Crippen molar-refractivity contribution in [1.82, 2.24) is 9.88 Å². The number of ether oxygens (including phenoxy) is 1. The number of oxazole rings is 1. The molecule has 0 saturated carbocycles. The lowest BCUT2D eigenvalue weighted by Gasteiger charge is -2.06. The fraction of sp³-hybridized carbons (Fsp3) is 0.316. The molecule has 0 aliphatic rings. The predicted molar refractivity (Wildman–Crippen MR) is 102 cm³/mol. The highest BCUT2D eigenvalue weighted by molar-refractivity contribution is 7.08. The Morgan fingerprint density at radius 2 is 2.04 bits per heavy atom. The van der Waals surface area contributed by atoms with Gasteiger partial charge < -0.3 is 14.5 Å². The highest BCUT2D eigenvalue weighted by atomic mass is 32.1. The molecule has 0 spiro atoms. The minimum absolute atomic E-state index is 0.137. The van der Waals surface area contributed by atoms with Crippen LogP contribution in [0.15, 0.2) is 50.3 Å². The van der Waals surface area contributed by atoms with Crippen molar-refractivity contribution >= 4 is 34.3 Å². The van der Waals surface area contributed by atoms with E-state index in [1.807, 2.05) is 17.5 Å². The fourth-order valence-corrected chi connectivity index (χ4v) is 3.27. The van der Waals surface area contributed by atoms with Crippen LogP contribution in [-0.4, -0.2) is 29.6 Å². The second-order valence-corrected chi connectivity index (χ2v) is 6.71. The molecule has 7 nitrogen and oxygen atoms in total. The zero-order valence-electron chi connectivity index (χ0n) is 14.7. The summed E-state index contributed by atoms with van der Waals surface area (Å²) < 4.78 is 11.9. The third-order valence-electron chi connectivity index (χ3n) is 3.99. The van der Waals surface area contributed by atoms with E-state index in [0.29, 0.717) is 37.1 Å². The van der Waals surface area contributed by atoms with Gasteiger partial charge in [-0.2, -0.15) is 11.3 Å². The lowest BCUT2D eigenvalue weighted by molar-refractivity contribution is -0.143. The van der Waals surface area contributed by atoms with Crippen molar-refractivity contribution in [3.63, 3.8) is 0 Å². The molecular weight excluding hydrogens is 368 g/mol. The molecular formula is C19H20N2O5S. The van der Waals surface area contributed by atoms with Crippen molar-refractivity contribution in [2.75, 3.05) is 13.2 Å². The molecule has 1 aromatic carbocycles. The van der Waals surface area contributed by atoms with Crippen LogP contribution in [0, 0.1) is 0 Å². The van der Waals surface area contributed by atoms with Gasteiger partial charge in [0.25, 0.3) is 5.91 Å². The summed E-state index contributed by atoms with van der Waals surface area (Å²) in [5.74, 6) is -0.865. The molecule has 8 heteroatoms. The summed E-state index contributed by atoms with van der Waals surface area (Å²) in [5.41, 5.74) is 1.91. The van der Waals surface area contributed by atoms with E-state index in [1.165, 1.54) is 15.9 Å². The molecule has 142 valence electrons. The lowest BCUT2D eigenvalue weighted by Crippen LogP contribution is -2.24. The fourth-order valence-electron chi connectivity index (χ4n) is 2.64. The molecule has 0 fully saturated rings. The van der Waals surface area contributed by atoms with Gasteiger partial charge >= 0.3 is 11.7 Å². The summed E-state index contributed by atoms with van der Waals surface area (Å²) in [4.78, 5) is 35.3. The molecule has 2 heterocycles. The van der Waals surface area contributed by atoms with E-state index >= 15 is 0 Å². The summed E-state index contributed by atoms with van der Waals surface area (Å²) in [6.45, 7) is 1.06. The van der Waals surface area contributed by atoms with E-state index in [9.17, 15) is 14.4 Å². The zero-order valence-corrected chi connectivity index (χ0v) is 15.5.